The average molecular weight is 1120 g/mol. The van der Waals surface area contributed by atoms with E-state index in [4.69, 9.17) is 14.2 Å². The predicted octanol–water partition coefficient (Wildman–Crippen LogP) is 22.7. The van der Waals surface area contributed by atoms with Crippen LogP contribution in [0.3, 0.4) is 0 Å². The van der Waals surface area contributed by atoms with Crippen LogP contribution >= 0.6 is 0 Å². The summed E-state index contributed by atoms with van der Waals surface area (Å²) in [4.78, 5) is 38.3. The molecule has 81 heavy (non-hydrogen) atoms. The summed E-state index contributed by atoms with van der Waals surface area (Å²) in [5.41, 5.74) is 0. The molecule has 1 atom stereocenters. The van der Waals surface area contributed by atoms with Crippen LogP contribution in [-0.2, 0) is 28.6 Å². The topological polar surface area (TPSA) is 78.9 Å². The van der Waals surface area contributed by atoms with Crippen molar-refractivity contribution in [2.45, 2.75) is 271 Å². The molecule has 0 aliphatic heterocycles. The van der Waals surface area contributed by atoms with E-state index in [9.17, 15) is 14.4 Å². The quantitative estimate of drug-likeness (QED) is 0.0261. The van der Waals surface area contributed by atoms with Gasteiger partial charge in [0.25, 0.3) is 0 Å². The molecule has 0 aromatic carbocycles. The highest BCUT2D eigenvalue weighted by Crippen LogP contribution is 2.15. The molecule has 6 nitrogen and oxygen atoms in total. The lowest BCUT2D eigenvalue weighted by molar-refractivity contribution is -0.167. The highest BCUT2D eigenvalue weighted by molar-refractivity contribution is 5.71. The van der Waals surface area contributed by atoms with Gasteiger partial charge in [-0.25, -0.2) is 0 Å². The molecule has 0 saturated carbocycles. The summed E-state index contributed by atoms with van der Waals surface area (Å²) >= 11 is 0. The van der Waals surface area contributed by atoms with Crippen LogP contribution in [0, 0.1) is 0 Å². The number of ether oxygens (including phenoxy) is 3. The molecule has 0 rings (SSSR count). The largest absolute Gasteiger partial charge is 0.462 e. The van der Waals surface area contributed by atoms with E-state index in [0.29, 0.717) is 12.8 Å². The fourth-order valence-electron chi connectivity index (χ4n) is 8.43. The summed E-state index contributed by atoms with van der Waals surface area (Å²) in [5, 5.41) is 0. The van der Waals surface area contributed by atoms with Crippen molar-refractivity contribution in [2.75, 3.05) is 13.2 Å². The van der Waals surface area contributed by atoms with Crippen molar-refractivity contribution in [3.05, 3.63) is 170 Å². The first-order valence-corrected chi connectivity index (χ1v) is 32.6. The van der Waals surface area contributed by atoms with Crippen LogP contribution in [-0.4, -0.2) is 37.2 Å². The van der Waals surface area contributed by atoms with Gasteiger partial charge in [0, 0.05) is 19.3 Å². The number of esters is 3. The Hall–Kier alpha value is -5.23. The van der Waals surface area contributed by atoms with Crippen molar-refractivity contribution in [1.82, 2.24) is 0 Å². The molecule has 0 N–H and O–H groups in total. The van der Waals surface area contributed by atoms with Gasteiger partial charge >= 0.3 is 17.9 Å². The molecule has 0 radical (unpaired) electrons. The Morgan fingerprint density at radius 2 is 0.444 bits per heavy atom. The molecule has 0 aromatic rings. The number of hydrogen-bond acceptors (Lipinski definition) is 6. The van der Waals surface area contributed by atoms with Gasteiger partial charge in [0.15, 0.2) is 6.10 Å². The standard InChI is InChI=1S/C75H118O6/c1-4-7-10-13-16-19-22-25-27-29-30-31-32-33-34-35-36-37-38-39-40-41-42-43-44-46-47-50-53-56-59-62-65-68-74(77)80-71-72(70-79-73(76)67-64-61-58-55-52-49-24-21-18-15-12-9-6-3)81-75(78)69-66-63-60-57-54-51-48-45-28-26-23-20-17-14-11-8-5-2/h7-12,16-21,25-28,30-31,33-34,36-37,39-40,48-49,51-52,72H,4-6,13-15,22-24,29,32,35,38,41-47,50,53-71H2,1-3H3/b10-7-,11-8-,12-9-,19-16-,20-17-,21-18-,27-25-,28-26-,31-30-,34-33-,37-36-,40-39-,51-48-,52-49-. The van der Waals surface area contributed by atoms with Crippen LogP contribution in [0.25, 0.3) is 0 Å². The van der Waals surface area contributed by atoms with Gasteiger partial charge in [-0.1, -0.05) is 268 Å². The maximum atomic E-state index is 12.9. The van der Waals surface area contributed by atoms with Crippen LogP contribution in [0.15, 0.2) is 170 Å². The first-order valence-electron chi connectivity index (χ1n) is 32.6. The molecule has 0 aliphatic carbocycles. The molecule has 0 aliphatic rings. The normalized spacial score (nSPS) is 13.3. The number of carbonyl (C=O) groups is 3. The van der Waals surface area contributed by atoms with Crippen LogP contribution in [0.2, 0.25) is 0 Å². The maximum absolute atomic E-state index is 12.9. The SMILES string of the molecule is CC/C=C\C/C=C\C/C=C\C/C=C\C/C=C\C/C=C\C/C=C\CCCCCCCCCCCCCC(=O)OCC(COC(=O)CCCCC/C=C\C/C=C\C/C=C\CC)OC(=O)CCCCCC/C=C\C/C=C\C/C=C\C/C=C\CC. The molecule has 454 valence electrons. The van der Waals surface area contributed by atoms with Crippen LogP contribution in [0.1, 0.15) is 265 Å². The Kier molecular flexibility index (Phi) is 62.9. The Morgan fingerprint density at radius 3 is 0.704 bits per heavy atom. The van der Waals surface area contributed by atoms with Crippen LogP contribution in [0.4, 0.5) is 0 Å². The Morgan fingerprint density at radius 1 is 0.247 bits per heavy atom. The molecule has 0 spiro atoms. The van der Waals surface area contributed by atoms with E-state index >= 15 is 0 Å². The van der Waals surface area contributed by atoms with E-state index in [2.05, 4.69) is 191 Å². The number of unbranched alkanes of at least 4 members (excludes halogenated alkanes) is 18. The Labute approximate surface area is 498 Å². The molecule has 6 heteroatoms. The second kappa shape index (κ2) is 67.3. The van der Waals surface area contributed by atoms with Crippen molar-refractivity contribution in [1.29, 1.82) is 0 Å². The second-order valence-corrected chi connectivity index (χ2v) is 20.9. The van der Waals surface area contributed by atoms with Crippen molar-refractivity contribution in [3.63, 3.8) is 0 Å². The third-order valence-electron chi connectivity index (χ3n) is 13.2. The van der Waals surface area contributed by atoms with Crippen molar-refractivity contribution >= 4 is 17.9 Å². The van der Waals surface area contributed by atoms with E-state index in [0.717, 1.165) is 167 Å². The molecule has 0 fully saturated rings. The summed E-state index contributed by atoms with van der Waals surface area (Å²) < 4.78 is 16.9. The highest BCUT2D eigenvalue weighted by atomic mass is 16.6. The third-order valence-corrected chi connectivity index (χ3v) is 13.2. The lowest BCUT2D eigenvalue weighted by atomic mass is 10.0. The van der Waals surface area contributed by atoms with E-state index in [1.165, 1.54) is 57.8 Å². The van der Waals surface area contributed by atoms with Gasteiger partial charge < -0.3 is 14.2 Å². The van der Waals surface area contributed by atoms with E-state index in [1.807, 2.05) is 0 Å². The lowest BCUT2D eigenvalue weighted by Crippen LogP contribution is -2.30. The number of carbonyl (C=O) groups excluding carboxylic acids is 3. The van der Waals surface area contributed by atoms with Gasteiger partial charge in [-0.2, -0.15) is 0 Å². The fraction of sp³-hybridized carbons (Fsp3) is 0.587. The Balaban J connectivity index is 4.31. The minimum absolute atomic E-state index is 0.106. The third kappa shape index (κ3) is 65.5. The van der Waals surface area contributed by atoms with Gasteiger partial charge in [-0.3, -0.25) is 14.4 Å². The van der Waals surface area contributed by atoms with Gasteiger partial charge in [0.1, 0.15) is 13.2 Å². The molecule has 1 unspecified atom stereocenters. The molecule has 0 amide bonds. The summed E-state index contributed by atoms with van der Waals surface area (Å²) in [6.07, 6.45) is 99.4. The number of allylic oxidation sites excluding steroid dienone is 28. The summed E-state index contributed by atoms with van der Waals surface area (Å²) in [5.74, 6) is -0.967. The maximum Gasteiger partial charge on any atom is 0.306 e. The molecule has 0 aromatic heterocycles. The Bertz CT molecular complexity index is 1860. The average Bonchev–Trinajstić information content (AvgIpc) is 3.46. The van der Waals surface area contributed by atoms with E-state index < -0.39 is 6.10 Å². The zero-order valence-corrected chi connectivity index (χ0v) is 52.0. The fourth-order valence-corrected chi connectivity index (χ4v) is 8.43. The summed E-state index contributed by atoms with van der Waals surface area (Å²) in [6.45, 7) is 6.24. The van der Waals surface area contributed by atoms with E-state index in [-0.39, 0.29) is 37.5 Å². The number of rotatable bonds is 57. The van der Waals surface area contributed by atoms with Crippen molar-refractivity contribution in [3.8, 4) is 0 Å². The summed E-state index contributed by atoms with van der Waals surface area (Å²) in [7, 11) is 0. The van der Waals surface area contributed by atoms with Gasteiger partial charge in [0.05, 0.1) is 0 Å². The zero-order valence-electron chi connectivity index (χ0n) is 52.0. The minimum Gasteiger partial charge on any atom is -0.462 e. The van der Waals surface area contributed by atoms with Gasteiger partial charge in [0.2, 0.25) is 0 Å². The van der Waals surface area contributed by atoms with Crippen LogP contribution in [0.5, 0.6) is 0 Å². The summed E-state index contributed by atoms with van der Waals surface area (Å²) in [6, 6.07) is 0. The van der Waals surface area contributed by atoms with Gasteiger partial charge in [-0.05, 0) is 148 Å². The molecular formula is C75H118O6. The molecule has 0 heterocycles. The van der Waals surface area contributed by atoms with Crippen LogP contribution < -0.4 is 0 Å². The minimum atomic E-state index is -0.813. The molecule has 0 saturated heterocycles. The molecule has 0 bridgehead atoms. The predicted molar refractivity (Wildman–Crippen MR) is 352 cm³/mol. The first-order chi connectivity index (χ1) is 40.0. The van der Waals surface area contributed by atoms with Gasteiger partial charge in [-0.15, -0.1) is 0 Å². The lowest BCUT2D eigenvalue weighted by Gasteiger charge is -2.18. The smallest absolute Gasteiger partial charge is 0.306 e. The monoisotopic (exact) mass is 1110 g/mol. The first kappa shape index (κ1) is 75.8. The highest BCUT2D eigenvalue weighted by Gasteiger charge is 2.19. The number of hydrogen-bond donors (Lipinski definition) is 0. The van der Waals surface area contributed by atoms with E-state index in [1.54, 1.807) is 0 Å². The molecular weight excluding hydrogens is 997 g/mol. The zero-order chi connectivity index (χ0) is 58.5. The second-order valence-electron chi connectivity index (χ2n) is 20.9. The van der Waals surface area contributed by atoms with Crippen molar-refractivity contribution < 1.29 is 28.6 Å². The van der Waals surface area contributed by atoms with Crippen molar-refractivity contribution in [2.24, 2.45) is 0 Å².